The minimum absolute atomic E-state index is 0.231. The number of carbonyl (C=O) groups is 1. The molecule has 1 atom stereocenters. The highest BCUT2D eigenvalue weighted by molar-refractivity contribution is 5.73. The van der Waals surface area contributed by atoms with Crippen LogP contribution in [0.5, 0.6) is 0 Å². The van der Waals surface area contributed by atoms with E-state index in [1.807, 2.05) is 30.3 Å². The molecule has 0 saturated heterocycles. The van der Waals surface area contributed by atoms with E-state index in [1.165, 1.54) is 0 Å². The molecule has 0 saturated carbocycles. The van der Waals surface area contributed by atoms with Crippen LogP contribution in [0.15, 0.2) is 42.6 Å². The van der Waals surface area contributed by atoms with Crippen molar-refractivity contribution in [3.63, 3.8) is 0 Å². The normalized spacial score (nSPS) is 12.3. The van der Waals surface area contributed by atoms with Gasteiger partial charge in [0.2, 0.25) is 0 Å². The van der Waals surface area contributed by atoms with Crippen LogP contribution in [-0.4, -0.2) is 26.9 Å². The van der Waals surface area contributed by atoms with E-state index in [1.54, 1.807) is 16.9 Å². The van der Waals surface area contributed by atoms with Gasteiger partial charge in [0.25, 0.3) is 0 Å². The summed E-state index contributed by atoms with van der Waals surface area (Å²) in [4.78, 5) is 10.6. The molecule has 1 unspecified atom stereocenters. The Balaban J connectivity index is 2.14. The number of rotatable bonds is 4. The molecule has 3 N–H and O–H groups in total. The smallest absolute Gasteiger partial charge is 0.320 e. The molecular formula is C12H13N3O2. The highest BCUT2D eigenvalue weighted by Gasteiger charge is 2.13. The van der Waals surface area contributed by atoms with Gasteiger partial charge in [-0.15, -0.1) is 0 Å². The summed E-state index contributed by atoms with van der Waals surface area (Å²) in [5.41, 5.74) is 7.05. The van der Waals surface area contributed by atoms with Gasteiger partial charge in [-0.3, -0.25) is 4.79 Å². The predicted molar refractivity (Wildman–Crippen MR) is 62.9 cm³/mol. The van der Waals surface area contributed by atoms with E-state index in [9.17, 15) is 4.79 Å². The minimum atomic E-state index is -1.01. The van der Waals surface area contributed by atoms with Gasteiger partial charge in [-0.25, -0.2) is 4.68 Å². The molecule has 5 heteroatoms. The highest BCUT2D eigenvalue weighted by atomic mass is 16.4. The fourth-order valence-electron chi connectivity index (χ4n) is 1.51. The van der Waals surface area contributed by atoms with E-state index >= 15 is 0 Å². The van der Waals surface area contributed by atoms with Crippen molar-refractivity contribution in [2.24, 2.45) is 5.73 Å². The number of hydrogen-bond donors (Lipinski definition) is 2. The van der Waals surface area contributed by atoms with Crippen LogP contribution < -0.4 is 5.73 Å². The number of aliphatic carboxylic acids is 1. The molecule has 0 amide bonds. The summed E-state index contributed by atoms with van der Waals surface area (Å²) in [5, 5.41) is 13.0. The van der Waals surface area contributed by atoms with Crippen LogP contribution in [0.4, 0.5) is 0 Å². The summed E-state index contributed by atoms with van der Waals surface area (Å²) >= 11 is 0. The zero-order valence-corrected chi connectivity index (χ0v) is 9.15. The molecule has 2 rings (SSSR count). The quantitative estimate of drug-likeness (QED) is 0.816. The van der Waals surface area contributed by atoms with Crippen LogP contribution in [-0.2, 0) is 11.2 Å². The lowest BCUT2D eigenvalue weighted by Crippen LogP contribution is -2.32. The van der Waals surface area contributed by atoms with Crippen LogP contribution in [0.1, 0.15) is 5.69 Å². The van der Waals surface area contributed by atoms with Crippen LogP contribution >= 0.6 is 0 Å². The zero-order valence-electron chi connectivity index (χ0n) is 9.15. The highest BCUT2D eigenvalue weighted by Crippen LogP contribution is 2.07. The summed E-state index contributed by atoms with van der Waals surface area (Å²) in [7, 11) is 0. The Morgan fingerprint density at radius 2 is 2.06 bits per heavy atom. The van der Waals surface area contributed by atoms with Gasteiger partial charge in [0.05, 0.1) is 11.4 Å². The Morgan fingerprint density at radius 1 is 1.35 bits per heavy atom. The van der Waals surface area contributed by atoms with Crippen molar-refractivity contribution >= 4 is 5.97 Å². The summed E-state index contributed by atoms with van der Waals surface area (Å²) in [6, 6.07) is 10.5. The van der Waals surface area contributed by atoms with Crippen LogP contribution in [0.2, 0.25) is 0 Å². The van der Waals surface area contributed by atoms with Gasteiger partial charge in [-0.05, 0) is 18.2 Å². The maximum absolute atomic E-state index is 10.6. The van der Waals surface area contributed by atoms with Gasteiger partial charge in [-0.1, -0.05) is 18.2 Å². The number of carboxylic acid groups (broad SMARTS) is 1. The van der Waals surface area contributed by atoms with E-state index in [0.29, 0.717) is 5.69 Å². The van der Waals surface area contributed by atoms with Crippen molar-refractivity contribution in [3.05, 3.63) is 48.3 Å². The molecule has 0 fully saturated rings. The first kappa shape index (κ1) is 11.3. The lowest BCUT2D eigenvalue weighted by atomic mass is 10.2. The summed E-state index contributed by atoms with van der Waals surface area (Å²) in [5.74, 6) is -1.01. The minimum Gasteiger partial charge on any atom is -0.480 e. The molecule has 1 heterocycles. The van der Waals surface area contributed by atoms with Crippen molar-refractivity contribution < 1.29 is 9.90 Å². The maximum Gasteiger partial charge on any atom is 0.320 e. The first-order valence-corrected chi connectivity index (χ1v) is 5.25. The van der Waals surface area contributed by atoms with Gasteiger partial charge < -0.3 is 10.8 Å². The molecule has 0 aliphatic carbocycles. The summed E-state index contributed by atoms with van der Waals surface area (Å²) in [6.07, 6.45) is 2.02. The summed E-state index contributed by atoms with van der Waals surface area (Å²) < 4.78 is 1.70. The third-order valence-corrected chi connectivity index (χ3v) is 2.41. The molecule has 88 valence electrons. The molecule has 0 aliphatic heterocycles. The Labute approximate surface area is 98.5 Å². The standard InChI is InChI=1S/C12H13N3O2/c13-11(12(16)17)8-9-6-7-15(14-9)10-4-2-1-3-5-10/h1-7,11H,8,13H2,(H,16,17). The Hall–Kier alpha value is -2.14. The van der Waals surface area contributed by atoms with Gasteiger partial charge in [0.15, 0.2) is 0 Å². The van der Waals surface area contributed by atoms with Crippen molar-refractivity contribution in [2.45, 2.75) is 12.5 Å². The Bertz CT molecular complexity index is 507. The second-order valence-corrected chi connectivity index (χ2v) is 3.74. The largest absolute Gasteiger partial charge is 0.480 e. The number of aromatic nitrogens is 2. The van der Waals surface area contributed by atoms with E-state index in [-0.39, 0.29) is 6.42 Å². The molecule has 17 heavy (non-hydrogen) atoms. The lowest BCUT2D eigenvalue weighted by Gasteiger charge is -2.03. The lowest BCUT2D eigenvalue weighted by molar-refractivity contribution is -0.138. The molecule has 0 aliphatic rings. The van der Waals surface area contributed by atoms with Crippen LogP contribution in [0.25, 0.3) is 5.69 Å². The SMILES string of the molecule is NC(Cc1ccn(-c2ccccc2)n1)C(=O)O. The summed E-state index contributed by atoms with van der Waals surface area (Å²) in [6.45, 7) is 0. The fourth-order valence-corrected chi connectivity index (χ4v) is 1.51. The van der Waals surface area contributed by atoms with Crippen molar-refractivity contribution in [2.75, 3.05) is 0 Å². The number of carboxylic acids is 1. The second-order valence-electron chi connectivity index (χ2n) is 3.74. The van der Waals surface area contributed by atoms with Crippen LogP contribution in [0, 0.1) is 0 Å². The van der Waals surface area contributed by atoms with E-state index in [2.05, 4.69) is 5.10 Å². The van der Waals surface area contributed by atoms with Crippen molar-refractivity contribution in [1.82, 2.24) is 9.78 Å². The van der Waals surface area contributed by atoms with Crippen molar-refractivity contribution in [3.8, 4) is 5.69 Å². The van der Waals surface area contributed by atoms with Gasteiger partial charge >= 0.3 is 5.97 Å². The predicted octanol–water partition coefficient (Wildman–Crippen LogP) is 0.827. The number of benzene rings is 1. The van der Waals surface area contributed by atoms with Gasteiger partial charge in [0.1, 0.15) is 6.04 Å². The molecule has 2 aromatic rings. The monoisotopic (exact) mass is 231 g/mol. The van der Waals surface area contributed by atoms with E-state index < -0.39 is 12.0 Å². The molecule has 1 aromatic carbocycles. The van der Waals surface area contributed by atoms with E-state index in [0.717, 1.165) is 5.69 Å². The molecular weight excluding hydrogens is 218 g/mol. The molecule has 0 spiro atoms. The third kappa shape index (κ3) is 2.70. The first-order valence-electron chi connectivity index (χ1n) is 5.25. The second kappa shape index (κ2) is 4.80. The van der Waals surface area contributed by atoms with Crippen LogP contribution in [0.3, 0.4) is 0 Å². The fraction of sp³-hybridized carbons (Fsp3) is 0.167. The first-order chi connectivity index (χ1) is 8.16. The number of hydrogen-bond acceptors (Lipinski definition) is 3. The third-order valence-electron chi connectivity index (χ3n) is 2.41. The maximum atomic E-state index is 10.6. The number of nitrogens with two attached hydrogens (primary N) is 1. The molecule has 5 nitrogen and oxygen atoms in total. The van der Waals surface area contributed by atoms with Crippen molar-refractivity contribution in [1.29, 1.82) is 0 Å². The van der Waals surface area contributed by atoms with E-state index in [4.69, 9.17) is 10.8 Å². The average Bonchev–Trinajstić information content (AvgIpc) is 2.78. The molecule has 1 aromatic heterocycles. The number of nitrogens with zero attached hydrogens (tertiary/aromatic N) is 2. The Morgan fingerprint density at radius 3 is 2.71 bits per heavy atom. The topological polar surface area (TPSA) is 81.1 Å². The van der Waals surface area contributed by atoms with Gasteiger partial charge in [-0.2, -0.15) is 5.10 Å². The van der Waals surface area contributed by atoms with Gasteiger partial charge in [0, 0.05) is 12.6 Å². The Kier molecular flexibility index (Phi) is 3.20. The molecule has 0 radical (unpaired) electrons. The molecule has 0 bridgehead atoms. The number of para-hydroxylation sites is 1. The zero-order chi connectivity index (χ0) is 12.3. The average molecular weight is 231 g/mol.